The lowest BCUT2D eigenvalue weighted by molar-refractivity contribution is 0.0990. The number of piperidine rings is 1. The zero-order valence-electron chi connectivity index (χ0n) is 9.82. The van der Waals surface area contributed by atoms with Crippen LogP contribution in [0.25, 0.3) is 0 Å². The Labute approximate surface area is 101 Å². The Morgan fingerprint density at radius 3 is 2.76 bits per heavy atom. The average molecular weight is 234 g/mol. The van der Waals surface area contributed by atoms with Crippen molar-refractivity contribution in [2.24, 2.45) is 5.73 Å². The van der Waals surface area contributed by atoms with Gasteiger partial charge in [0, 0.05) is 0 Å². The fourth-order valence-corrected chi connectivity index (χ4v) is 2.00. The van der Waals surface area contributed by atoms with Gasteiger partial charge in [0.1, 0.15) is 11.9 Å². The van der Waals surface area contributed by atoms with Gasteiger partial charge >= 0.3 is 0 Å². The SMILES string of the molecule is NCC(=O)c1ccccc1OC1CCNCC1. The number of carbonyl (C=O) groups excluding carboxylic acids is 1. The van der Waals surface area contributed by atoms with E-state index in [0.29, 0.717) is 11.3 Å². The molecule has 0 aromatic heterocycles. The van der Waals surface area contributed by atoms with Crippen molar-refractivity contribution in [2.75, 3.05) is 19.6 Å². The normalized spacial score (nSPS) is 16.8. The van der Waals surface area contributed by atoms with Crippen molar-refractivity contribution in [1.82, 2.24) is 5.32 Å². The fourth-order valence-electron chi connectivity index (χ4n) is 2.00. The van der Waals surface area contributed by atoms with Crippen LogP contribution in [0.4, 0.5) is 0 Å². The molecule has 0 unspecified atom stereocenters. The number of hydrogen-bond donors (Lipinski definition) is 2. The van der Waals surface area contributed by atoms with Gasteiger partial charge in [0.15, 0.2) is 5.78 Å². The molecule has 1 aromatic rings. The van der Waals surface area contributed by atoms with Gasteiger partial charge in [-0.25, -0.2) is 0 Å². The van der Waals surface area contributed by atoms with E-state index in [-0.39, 0.29) is 18.4 Å². The maximum absolute atomic E-state index is 11.7. The lowest BCUT2D eigenvalue weighted by Gasteiger charge is -2.24. The Kier molecular flexibility index (Phi) is 4.12. The first-order valence-electron chi connectivity index (χ1n) is 6.01. The van der Waals surface area contributed by atoms with Crippen molar-refractivity contribution >= 4 is 5.78 Å². The van der Waals surface area contributed by atoms with Crippen LogP contribution in [0, 0.1) is 0 Å². The molecule has 1 heterocycles. The van der Waals surface area contributed by atoms with Crippen LogP contribution in [-0.2, 0) is 0 Å². The van der Waals surface area contributed by atoms with Crippen LogP contribution in [0.5, 0.6) is 5.75 Å². The highest BCUT2D eigenvalue weighted by atomic mass is 16.5. The fraction of sp³-hybridized carbons (Fsp3) is 0.462. The van der Waals surface area contributed by atoms with E-state index < -0.39 is 0 Å². The number of benzene rings is 1. The van der Waals surface area contributed by atoms with Crippen LogP contribution in [0.2, 0.25) is 0 Å². The molecule has 1 saturated heterocycles. The Bertz CT molecular complexity index is 387. The predicted octanol–water partition coefficient (Wildman–Crippen LogP) is 0.959. The highest BCUT2D eigenvalue weighted by Gasteiger charge is 2.17. The first-order chi connectivity index (χ1) is 8.31. The molecule has 0 atom stereocenters. The first-order valence-corrected chi connectivity index (χ1v) is 6.01. The van der Waals surface area contributed by atoms with E-state index in [1.807, 2.05) is 18.2 Å². The molecule has 0 aliphatic carbocycles. The summed E-state index contributed by atoms with van der Waals surface area (Å²) in [4.78, 5) is 11.7. The average Bonchev–Trinajstić information content (AvgIpc) is 2.40. The zero-order chi connectivity index (χ0) is 12.1. The van der Waals surface area contributed by atoms with Crippen LogP contribution in [0.1, 0.15) is 23.2 Å². The highest BCUT2D eigenvalue weighted by Crippen LogP contribution is 2.22. The predicted molar refractivity (Wildman–Crippen MR) is 66.3 cm³/mol. The molecule has 0 amide bonds. The number of nitrogens with two attached hydrogens (primary N) is 1. The van der Waals surface area contributed by atoms with E-state index in [1.165, 1.54) is 0 Å². The van der Waals surface area contributed by atoms with Crippen LogP contribution in [0.3, 0.4) is 0 Å². The van der Waals surface area contributed by atoms with Crippen molar-refractivity contribution in [3.05, 3.63) is 29.8 Å². The van der Waals surface area contributed by atoms with Gasteiger partial charge in [-0.1, -0.05) is 12.1 Å². The molecule has 0 radical (unpaired) electrons. The smallest absolute Gasteiger partial charge is 0.180 e. The number of ether oxygens (including phenoxy) is 1. The molecule has 3 N–H and O–H groups in total. The molecular formula is C13H18N2O2. The van der Waals surface area contributed by atoms with Gasteiger partial charge in [-0.15, -0.1) is 0 Å². The maximum atomic E-state index is 11.7. The minimum Gasteiger partial charge on any atom is -0.490 e. The molecule has 4 heteroatoms. The number of nitrogens with one attached hydrogen (secondary N) is 1. The highest BCUT2D eigenvalue weighted by molar-refractivity contribution is 5.99. The molecule has 1 aliphatic rings. The van der Waals surface area contributed by atoms with Gasteiger partial charge in [0.05, 0.1) is 12.1 Å². The van der Waals surface area contributed by atoms with Crippen molar-refractivity contribution in [3.63, 3.8) is 0 Å². The molecule has 4 nitrogen and oxygen atoms in total. The van der Waals surface area contributed by atoms with Crippen LogP contribution < -0.4 is 15.8 Å². The van der Waals surface area contributed by atoms with E-state index in [1.54, 1.807) is 6.07 Å². The van der Waals surface area contributed by atoms with E-state index in [2.05, 4.69) is 5.32 Å². The second-order valence-corrected chi connectivity index (χ2v) is 4.19. The molecule has 1 fully saturated rings. The Hall–Kier alpha value is -1.39. The summed E-state index contributed by atoms with van der Waals surface area (Å²) in [5.41, 5.74) is 5.98. The first kappa shape index (κ1) is 12.1. The minimum atomic E-state index is -0.0745. The number of Topliss-reactive ketones (excluding diaryl/α,β-unsaturated/α-hetero) is 1. The molecule has 0 bridgehead atoms. The number of ketones is 1. The molecule has 1 aromatic carbocycles. The van der Waals surface area contributed by atoms with Gasteiger partial charge in [0.2, 0.25) is 0 Å². The summed E-state index contributed by atoms with van der Waals surface area (Å²) < 4.78 is 5.89. The minimum absolute atomic E-state index is 0.0204. The third kappa shape index (κ3) is 3.05. The van der Waals surface area contributed by atoms with Crippen molar-refractivity contribution in [3.8, 4) is 5.75 Å². The monoisotopic (exact) mass is 234 g/mol. The van der Waals surface area contributed by atoms with E-state index in [9.17, 15) is 4.79 Å². The molecule has 1 aliphatic heterocycles. The van der Waals surface area contributed by atoms with Gasteiger partial charge in [0.25, 0.3) is 0 Å². The van der Waals surface area contributed by atoms with Gasteiger partial charge in [-0.3, -0.25) is 4.79 Å². The summed E-state index contributed by atoms with van der Waals surface area (Å²) in [6.45, 7) is 1.96. The summed E-state index contributed by atoms with van der Waals surface area (Å²) >= 11 is 0. The zero-order valence-corrected chi connectivity index (χ0v) is 9.82. The van der Waals surface area contributed by atoms with Gasteiger partial charge < -0.3 is 15.8 Å². The largest absolute Gasteiger partial charge is 0.490 e. The number of carbonyl (C=O) groups is 1. The summed E-state index contributed by atoms with van der Waals surface area (Å²) in [7, 11) is 0. The maximum Gasteiger partial charge on any atom is 0.180 e. The summed E-state index contributed by atoms with van der Waals surface area (Å²) in [6.07, 6.45) is 2.15. The van der Waals surface area contributed by atoms with E-state index >= 15 is 0 Å². The van der Waals surface area contributed by atoms with Gasteiger partial charge in [-0.2, -0.15) is 0 Å². The lowest BCUT2D eigenvalue weighted by Crippen LogP contribution is -2.34. The molecule has 2 rings (SSSR count). The number of rotatable bonds is 4. The van der Waals surface area contributed by atoms with Crippen LogP contribution in [-0.4, -0.2) is 31.5 Å². The third-order valence-electron chi connectivity index (χ3n) is 2.95. The third-order valence-corrected chi connectivity index (χ3v) is 2.95. The summed E-state index contributed by atoms with van der Waals surface area (Å²) in [6, 6.07) is 7.32. The second kappa shape index (κ2) is 5.80. The lowest BCUT2D eigenvalue weighted by atomic mass is 10.1. The number of para-hydroxylation sites is 1. The van der Waals surface area contributed by atoms with Crippen LogP contribution >= 0.6 is 0 Å². The molecule has 0 saturated carbocycles. The quantitative estimate of drug-likeness (QED) is 0.762. The second-order valence-electron chi connectivity index (χ2n) is 4.19. The van der Waals surface area contributed by atoms with E-state index in [0.717, 1.165) is 25.9 Å². The van der Waals surface area contributed by atoms with Crippen molar-refractivity contribution < 1.29 is 9.53 Å². The topological polar surface area (TPSA) is 64.4 Å². The Morgan fingerprint density at radius 2 is 2.06 bits per heavy atom. The Balaban J connectivity index is 2.11. The van der Waals surface area contributed by atoms with Gasteiger partial charge in [-0.05, 0) is 38.1 Å². The molecule has 92 valence electrons. The van der Waals surface area contributed by atoms with Crippen molar-refractivity contribution in [1.29, 1.82) is 0 Å². The molecule has 17 heavy (non-hydrogen) atoms. The number of hydrogen-bond acceptors (Lipinski definition) is 4. The standard InChI is InChI=1S/C13H18N2O2/c14-9-12(16)11-3-1-2-4-13(11)17-10-5-7-15-8-6-10/h1-4,10,15H,5-9,14H2. The van der Waals surface area contributed by atoms with E-state index in [4.69, 9.17) is 10.5 Å². The molecular weight excluding hydrogens is 216 g/mol. The summed E-state index contributed by atoms with van der Waals surface area (Å²) in [5, 5.41) is 3.28. The molecule has 0 spiro atoms. The Morgan fingerprint density at radius 1 is 1.35 bits per heavy atom. The summed E-state index contributed by atoms with van der Waals surface area (Å²) in [5.74, 6) is 0.587. The van der Waals surface area contributed by atoms with Crippen molar-refractivity contribution in [2.45, 2.75) is 18.9 Å². The van der Waals surface area contributed by atoms with Crippen LogP contribution in [0.15, 0.2) is 24.3 Å².